The fraction of sp³-hybridized carbons (Fsp3) is 0. The second-order valence-corrected chi connectivity index (χ2v) is 3.58. The number of hydrogen-bond donors (Lipinski definition) is 0. The normalized spacial score (nSPS) is 10.7. The van der Waals surface area contributed by atoms with Gasteiger partial charge in [0, 0.05) is 11.2 Å². The molecule has 0 N–H and O–H groups in total. The third-order valence-corrected chi connectivity index (χ3v) is 2.24. The first-order valence-corrected chi connectivity index (χ1v) is 5.07. The number of aliphatic imine (C=N–C) groups is 1. The Labute approximate surface area is 94.1 Å². The molecule has 0 amide bonds. The quantitative estimate of drug-likeness (QED) is 0.669. The van der Waals surface area contributed by atoms with Crippen LogP contribution in [0.5, 0.6) is 0 Å². The molecule has 15 heavy (non-hydrogen) atoms. The molecule has 0 heterocycles. The monoisotopic (exact) mass is 215 g/mol. The molecular formula is C13H10ClN. The molecule has 0 atom stereocenters. The van der Waals surface area contributed by atoms with Crippen molar-refractivity contribution < 1.29 is 0 Å². The molecule has 0 radical (unpaired) electrons. The molecule has 1 nitrogen and oxygen atoms in total. The van der Waals surface area contributed by atoms with Gasteiger partial charge < -0.3 is 0 Å². The molecule has 0 aliphatic rings. The van der Waals surface area contributed by atoms with E-state index in [4.69, 9.17) is 11.6 Å². The highest BCUT2D eigenvalue weighted by Crippen LogP contribution is 2.15. The van der Waals surface area contributed by atoms with Gasteiger partial charge in [0.15, 0.2) is 0 Å². The predicted octanol–water partition coefficient (Wildman–Crippen LogP) is 4.09. The fourth-order valence-electron chi connectivity index (χ4n) is 1.22. The summed E-state index contributed by atoms with van der Waals surface area (Å²) < 4.78 is 0. The van der Waals surface area contributed by atoms with E-state index in [9.17, 15) is 0 Å². The highest BCUT2D eigenvalue weighted by molar-refractivity contribution is 6.30. The van der Waals surface area contributed by atoms with Crippen LogP contribution in [0.4, 0.5) is 5.69 Å². The summed E-state index contributed by atoms with van der Waals surface area (Å²) in [7, 11) is 0. The minimum Gasteiger partial charge on any atom is -0.256 e. The second kappa shape index (κ2) is 4.76. The predicted molar refractivity (Wildman–Crippen MR) is 65.1 cm³/mol. The molecule has 0 unspecified atom stereocenters. The standard InChI is InChI=1S/C13H10ClN/c14-12-6-8-13(9-7-12)15-10-11-4-2-1-3-5-11/h1-10H/b15-10-. The molecular weight excluding hydrogens is 206 g/mol. The maximum atomic E-state index is 5.78. The Morgan fingerprint density at radius 2 is 1.53 bits per heavy atom. The van der Waals surface area contributed by atoms with Crippen LogP contribution in [0.1, 0.15) is 5.56 Å². The van der Waals surface area contributed by atoms with Crippen LogP contribution in [-0.2, 0) is 0 Å². The Hall–Kier alpha value is -1.60. The van der Waals surface area contributed by atoms with Crippen molar-refractivity contribution in [1.82, 2.24) is 0 Å². The summed E-state index contributed by atoms with van der Waals surface area (Å²) in [4.78, 5) is 4.33. The molecule has 0 aromatic heterocycles. The first-order valence-electron chi connectivity index (χ1n) is 4.69. The van der Waals surface area contributed by atoms with Gasteiger partial charge in [-0.3, -0.25) is 4.99 Å². The lowest BCUT2D eigenvalue weighted by atomic mass is 10.2. The molecule has 0 spiro atoms. The zero-order valence-corrected chi connectivity index (χ0v) is 8.85. The number of nitrogens with zero attached hydrogens (tertiary/aromatic N) is 1. The lowest BCUT2D eigenvalue weighted by Crippen LogP contribution is -1.77. The summed E-state index contributed by atoms with van der Waals surface area (Å²) in [6.45, 7) is 0. The number of hydrogen-bond acceptors (Lipinski definition) is 1. The lowest BCUT2D eigenvalue weighted by molar-refractivity contribution is 1.52. The largest absolute Gasteiger partial charge is 0.256 e. The van der Waals surface area contributed by atoms with Crippen molar-refractivity contribution in [1.29, 1.82) is 0 Å². The Kier molecular flexibility index (Phi) is 3.15. The van der Waals surface area contributed by atoms with E-state index in [1.54, 1.807) is 0 Å². The van der Waals surface area contributed by atoms with Crippen molar-refractivity contribution in [3.63, 3.8) is 0 Å². The van der Waals surface area contributed by atoms with E-state index in [0.29, 0.717) is 0 Å². The van der Waals surface area contributed by atoms with Crippen LogP contribution in [0.15, 0.2) is 59.6 Å². The van der Waals surface area contributed by atoms with E-state index in [-0.39, 0.29) is 0 Å². The molecule has 2 aromatic carbocycles. The van der Waals surface area contributed by atoms with Crippen molar-refractivity contribution >= 4 is 23.5 Å². The van der Waals surface area contributed by atoms with Gasteiger partial charge >= 0.3 is 0 Å². The van der Waals surface area contributed by atoms with E-state index >= 15 is 0 Å². The number of benzene rings is 2. The third-order valence-electron chi connectivity index (χ3n) is 1.99. The zero-order chi connectivity index (χ0) is 10.5. The molecule has 0 aliphatic heterocycles. The maximum absolute atomic E-state index is 5.78. The van der Waals surface area contributed by atoms with Crippen molar-refractivity contribution in [2.75, 3.05) is 0 Å². The minimum absolute atomic E-state index is 0.730. The molecule has 2 heteroatoms. The molecule has 2 aromatic rings. The summed E-state index contributed by atoms with van der Waals surface area (Å²) in [5, 5.41) is 0.730. The van der Waals surface area contributed by atoms with Crippen LogP contribution in [-0.4, -0.2) is 6.21 Å². The molecule has 2 rings (SSSR count). The van der Waals surface area contributed by atoms with Gasteiger partial charge in [-0.2, -0.15) is 0 Å². The smallest absolute Gasteiger partial charge is 0.0630 e. The van der Waals surface area contributed by atoms with Crippen molar-refractivity contribution in [2.24, 2.45) is 4.99 Å². The minimum atomic E-state index is 0.730. The third kappa shape index (κ3) is 2.93. The fourth-order valence-corrected chi connectivity index (χ4v) is 1.34. The lowest BCUT2D eigenvalue weighted by Gasteiger charge is -1.94. The number of halogens is 1. The van der Waals surface area contributed by atoms with Gasteiger partial charge in [-0.25, -0.2) is 0 Å². The van der Waals surface area contributed by atoms with E-state index in [2.05, 4.69) is 4.99 Å². The molecule has 0 aliphatic carbocycles. The Balaban J connectivity index is 2.15. The molecule has 0 saturated carbocycles. The van der Waals surface area contributed by atoms with E-state index in [1.165, 1.54) is 0 Å². The van der Waals surface area contributed by atoms with Crippen LogP contribution in [0.25, 0.3) is 0 Å². The molecule has 0 fully saturated rings. The summed E-state index contributed by atoms with van der Waals surface area (Å²) in [6.07, 6.45) is 1.84. The van der Waals surface area contributed by atoms with Crippen LogP contribution >= 0.6 is 11.6 Å². The van der Waals surface area contributed by atoms with Gasteiger partial charge in [0.05, 0.1) is 5.69 Å². The van der Waals surface area contributed by atoms with Crippen molar-refractivity contribution in [3.8, 4) is 0 Å². The van der Waals surface area contributed by atoms with Crippen LogP contribution in [0, 0.1) is 0 Å². The summed E-state index contributed by atoms with van der Waals surface area (Å²) in [6, 6.07) is 17.4. The van der Waals surface area contributed by atoms with E-state index in [1.807, 2.05) is 60.8 Å². The van der Waals surface area contributed by atoms with Crippen LogP contribution in [0.3, 0.4) is 0 Å². The van der Waals surface area contributed by atoms with E-state index in [0.717, 1.165) is 16.3 Å². The SMILES string of the molecule is Clc1ccc(/N=C\c2ccccc2)cc1. The first-order chi connectivity index (χ1) is 7.34. The van der Waals surface area contributed by atoms with Gasteiger partial charge in [-0.1, -0.05) is 41.9 Å². The van der Waals surface area contributed by atoms with Crippen LogP contribution in [0.2, 0.25) is 5.02 Å². The maximum Gasteiger partial charge on any atom is 0.0630 e. The van der Waals surface area contributed by atoms with Gasteiger partial charge in [0.1, 0.15) is 0 Å². The van der Waals surface area contributed by atoms with E-state index < -0.39 is 0 Å². The van der Waals surface area contributed by atoms with Gasteiger partial charge in [-0.05, 0) is 29.8 Å². The zero-order valence-electron chi connectivity index (χ0n) is 8.10. The summed E-state index contributed by atoms with van der Waals surface area (Å²) >= 11 is 5.78. The topological polar surface area (TPSA) is 12.4 Å². The highest BCUT2D eigenvalue weighted by Gasteiger charge is 1.88. The van der Waals surface area contributed by atoms with Gasteiger partial charge in [0.2, 0.25) is 0 Å². The van der Waals surface area contributed by atoms with Gasteiger partial charge in [0.25, 0.3) is 0 Å². The second-order valence-electron chi connectivity index (χ2n) is 3.15. The number of rotatable bonds is 2. The Morgan fingerprint density at radius 1 is 0.867 bits per heavy atom. The average Bonchev–Trinajstić information content (AvgIpc) is 2.30. The summed E-state index contributed by atoms with van der Waals surface area (Å²) in [5.41, 5.74) is 2.00. The van der Waals surface area contributed by atoms with Gasteiger partial charge in [-0.15, -0.1) is 0 Å². The van der Waals surface area contributed by atoms with Crippen molar-refractivity contribution in [2.45, 2.75) is 0 Å². The Morgan fingerprint density at radius 3 is 2.20 bits per heavy atom. The Bertz CT molecular complexity index is 446. The molecule has 0 saturated heterocycles. The summed E-state index contributed by atoms with van der Waals surface area (Å²) in [5.74, 6) is 0. The van der Waals surface area contributed by atoms with Crippen molar-refractivity contribution in [3.05, 3.63) is 65.2 Å². The van der Waals surface area contributed by atoms with Crippen LogP contribution < -0.4 is 0 Å². The first kappa shape index (κ1) is 9.94. The highest BCUT2D eigenvalue weighted by atomic mass is 35.5. The molecule has 0 bridgehead atoms. The average molecular weight is 216 g/mol. The molecule has 74 valence electrons.